The van der Waals surface area contributed by atoms with Gasteiger partial charge >= 0.3 is 17.9 Å². The number of cyclic esters (lactones) is 1. The van der Waals surface area contributed by atoms with Crippen LogP contribution in [0.3, 0.4) is 0 Å². The van der Waals surface area contributed by atoms with Crippen LogP contribution < -0.4 is 10.9 Å². The van der Waals surface area contributed by atoms with E-state index < -0.39 is 36.0 Å². The molecule has 11 nitrogen and oxygen atoms in total. The van der Waals surface area contributed by atoms with Gasteiger partial charge in [-0.1, -0.05) is 25.1 Å². The molecule has 0 fully saturated rings. The molecule has 2 N–H and O–H groups in total. The smallest absolute Gasteiger partial charge is 0.355 e. The van der Waals surface area contributed by atoms with Crippen LogP contribution in [0.25, 0.3) is 22.3 Å². The lowest BCUT2D eigenvalue weighted by molar-refractivity contribution is -0.189. The topological polar surface area (TPSA) is 154 Å². The van der Waals surface area contributed by atoms with Crippen molar-refractivity contribution in [1.82, 2.24) is 14.9 Å². The number of aliphatic carboxylic acids is 1. The van der Waals surface area contributed by atoms with Crippen molar-refractivity contribution in [3.8, 4) is 11.4 Å². The Kier molecular flexibility index (Phi) is 5.82. The molecule has 0 bridgehead atoms. The summed E-state index contributed by atoms with van der Waals surface area (Å²) in [5.41, 5.74) is 0.844. The maximum atomic E-state index is 13.5. The highest BCUT2D eigenvalue weighted by atomic mass is 16.6. The Labute approximate surface area is 209 Å². The zero-order valence-corrected chi connectivity index (χ0v) is 19.6. The molecule has 5 rings (SSSR count). The van der Waals surface area contributed by atoms with Crippen molar-refractivity contribution in [2.24, 2.45) is 0 Å². The van der Waals surface area contributed by atoms with E-state index in [1.165, 1.54) is 0 Å². The molecule has 1 atom stereocenters. The summed E-state index contributed by atoms with van der Waals surface area (Å²) >= 11 is 0. The Bertz CT molecular complexity index is 1590. The number of carbonyl (C=O) groups is 4. The molecule has 0 saturated carbocycles. The number of fused-ring (bicyclic) bond motifs is 5. The number of nitrogens with zero attached hydrogens (tertiary/aromatic N) is 2. The lowest BCUT2D eigenvalue weighted by atomic mass is 9.85. The van der Waals surface area contributed by atoms with Crippen molar-refractivity contribution >= 4 is 34.7 Å². The molecule has 1 amide bonds. The van der Waals surface area contributed by atoms with Crippen LogP contribution in [-0.4, -0.2) is 45.0 Å². The van der Waals surface area contributed by atoms with Crippen LogP contribution in [0.2, 0.25) is 0 Å². The monoisotopic (exact) mass is 503 g/mol. The second-order valence-electron chi connectivity index (χ2n) is 8.62. The highest BCUT2D eigenvalue weighted by molar-refractivity contribution is 5.95. The number of carboxylic acids is 1. The molecular weight excluding hydrogens is 482 g/mol. The fourth-order valence-electron chi connectivity index (χ4n) is 4.68. The number of nitrogens with one attached hydrogen (secondary N) is 1. The summed E-state index contributed by atoms with van der Waals surface area (Å²) < 4.78 is 12.4. The number of hydrogen-bond donors (Lipinski definition) is 2. The van der Waals surface area contributed by atoms with Crippen LogP contribution in [0.1, 0.15) is 30.0 Å². The van der Waals surface area contributed by atoms with Crippen LogP contribution in [-0.2, 0) is 47.4 Å². The molecule has 0 radical (unpaired) electrons. The minimum atomic E-state index is -1.90. The second-order valence-corrected chi connectivity index (χ2v) is 8.62. The number of benzene rings is 1. The number of ether oxygens (including phenoxy) is 2. The van der Waals surface area contributed by atoms with Crippen molar-refractivity contribution in [1.29, 1.82) is 0 Å². The van der Waals surface area contributed by atoms with E-state index in [0.717, 1.165) is 22.5 Å². The summed E-state index contributed by atoms with van der Waals surface area (Å²) in [6.45, 7) is 1.02. The van der Waals surface area contributed by atoms with Crippen LogP contribution in [0.5, 0.6) is 0 Å². The van der Waals surface area contributed by atoms with Crippen molar-refractivity contribution < 1.29 is 33.8 Å². The van der Waals surface area contributed by atoms with E-state index in [4.69, 9.17) is 19.6 Å². The molecule has 0 saturated heterocycles. The van der Waals surface area contributed by atoms with Crippen LogP contribution in [0, 0.1) is 0 Å². The number of pyridine rings is 2. The fourth-order valence-corrected chi connectivity index (χ4v) is 4.68. The van der Waals surface area contributed by atoms with Crippen molar-refractivity contribution in [2.75, 3.05) is 6.54 Å². The van der Waals surface area contributed by atoms with Crippen molar-refractivity contribution in [2.45, 2.75) is 32.1 Å². The molecule has 0 spiro atoms. The van der Waals surface area contributed by atoms with E-state index in [1.54, 1.807) is 17.6 Å². The number of hydrogen-bond acceptors (Lipinski definition) is 8. The zero-order chi connectivity index (χ0) is 26.3. The first-order valence-electron chi connectivity index (χ1n) is 11.5. The maximum absolute atomic E-state index is 13.5. The molecular formula is C26H21N3O8. The Morgan fingerprint density at radius 3 is 2.76 bits per heavy atom. The minimum absolute atomic E-state index is 0.0294. The van der Waals surface area contributed by atoms with Gasteiger partial charge < -0.3 is 24.5 Å². The zero-order valence-electron chi connectivity index (χ0n) is 19.6. The number of para-hydroxylation sites is 1. The first-order valence-corrected chi connectivity index (χ1v) is 11.5. The molecule has 11 heteroatoms. The van der Waals surface area contributed by atoms with Gasteiger partial charge in [-0.2, -0.15) is 0 Å². The van der Waals surface area contributed by atoms with E-state index in [9.17, 15) is 24.0 Å². The Morgan fingerprint density at radius 1 is 1.22 bits per heavy atom. The molecule has 2 aromatic heterocycles. The van der Waals surface area contributed by atoms with Gasteiger partial charge in [-0.3, -0.25) is 14.4 Å². The molecule has 0 unspecified atom stereocenters. The van der Waals surface area contributed by atoms with Crippen LogP contribution in [0.4, 0.5) is 0 Å². The Hall–Kier alpha value is -4.80. The summed E-state index contributed by atoms with van der Waals surface area (Å²) in [4.78, 5) is 66.2. The molecule has 2 aliphatic rings. The van der Waals surface area contributed by atoms with Gasteiger partial charge in [-0.05, 0) is 24.6 Å². The number of amides is 1. The van der Waals surface area contributed by atoms with Gasteiger partial charge in [0.2, 0.25) is 11.5 Å². The first-order chi connectivity index (χ1) is 17.7. The summed E-state index contributed by atoms with van der Waals surface area (Å²) in [6.07, 6.45) is 1.33. The van der Waals surface area contributed by atoms with Crippen molar-refractivity contribution in [3.63, 3.8) is 0 Å². The van der Waals surface area contributed by atoms with Crippen LogP contribution in [0.15, 0.2) is 53.3 Å². The summed E-state index contributed by atoms with van der Waals surface area (Å²) in [5.74, 6) is -3.95. The van der Waals surface area contributed by atoms with Gasteiger partial charge in [-0.25, -0.2) is 14.6 Å². The number of rotatable bonds is 6. The lowest BCUT2D eigenvalue weighted by Gasteiger charge is -2.35. The average molecular weight is 503 g/mol. The normalized spacial score (nSPS) is 17.6. The summed E-state index contributed by atoms with van der Waals surface area (Å²) in [7, 11) is 0. The average Bonchev–Trinajstić information content (AvgIpc) is 3.24. The lowest BCUT2D eigenvalue weighted by Crippen LogP contribution is -2.48. The molecule has 1 aromatic carbocycles. The highest BCUT2D eigenvalue weighted by Gasteiger charge is 2.50. The highest BCUT2D eigenvalue weighted by Crippen LogP contribution is 2.40. The van der Waals surface area contributed by atoms with E-state index in [2.05, 4.69) is 5.32 Å². The van der Waals surface area contributed by atoms with Gasteiger partial charge in [0.15, 0.2) is 0 Å². The van der Waals surface area contributed by atoms with Gasteiger partial charge in [0, 0.05) is 28.7 Å². The molecule has 0 aliphatic carbocycles. The second kappa shape index (κ2) is 9.01. The molecule has 37 heavy (non-hydrogen) atoms. The summed E-state index contributed by atoms with van der Waals surface area (Å²) in [6, 6.07) is 11.2. The van der Waals surface area contributed by atoms with Gasteiger partial charge in [0.1, 0.15) is 13.2 Å². The van der Waals surface area contributed by atoms with E-state index in [1.807, 2.05) is 30.3 Å². The third-order valence-electron chi connectivity index (χ3n) is 6.46. The largest absolute Gasteiger partial charge is 0.478 e. The third kappa shape index (κ3) is 4.03. The van der Waals surface area contributed by atoms with Crippen molar-refractivity contribution in [3.05, 3.63) is 75.6 Å². The minimum Gasteiger partial charge on any atom is -0.478 e. The van der Waals surface area contributed by atoms with E-state index >= 15 is 0 Å². The summed E-state index contributed by atoms with van der Waals surface area (Å²) in [5, 5.41) is 11.7. The quantitative estimate of drug-likeness (QED) is 0.293. The fraction of sp³-hybridized carbons (Fsp3) is 0.231. The Balaban J connectivity index is 1.53. The van der Waals surface area contributed by atoms with Gasteiger partial charge in [-0.15, -0.1) is 0 Å². The number of carbonyl (C=O) groups excluding carboxylic acids is 3. The van der Waals surface area contributed by atoms with E-state index in [0.29, 0.717) is 24.0 Å². The molecule has 4 heterocycles. The Morgan fingerprint density at radius 2 is 2.00 bits per heavy atom. The van der Waals surface area contributed by atoms with Crippen LogP contribution >= 0.6 is 0 Å². The maximum Gasteiger partial charge on any atom is 0.355 e. The SMILES string of the molecule is CC[C@@]1(OC(=O)CNC(=O)/C=C/C(=O)O)C(=O)OCc2c1cc1n(c2=O)Cc2cc3ccccc3nc2-1. The molecule has 2 aliphatic heterocycles. The predicted octanol–water partition coefficient (Wildman–Crippen LogP) is 1.39. The third-order valence-corrected chi connectivity index (χ3v) is 6.46. The predicted molar refractivity (Wildman–Crippen MR) is 128 cm³/mol. The molecule has 3 aromatic rings. The number of carboxylic acid groups (broad SMARTS) is 1. The van der Waals surface area contributed by atoms with E-state index in [-0.39, 0.29) is 29.7 Å². The number of esters is 2. The first kappa shape index (κ1) is 23.9. The standard InChI is InChI=1S/C26H21N3O8/c1-2-26(37-22(33)11-27-20(30)7-8-21(31)32)17-10-19-23-15(9-14-5-3-4-6-18(14)28-23)12-29(19)24(34)16(17)13-36-25(26)35/h3-10H,2,11-13H2,1H3,(H,27,30)(H,31,32)/b8-7+/t26-/m0/s1. The number of aromatic nitrogens is 2. The van der Waals surface area contributed by atoms with Gasteiger partial charge in [0.25, 0.3) is 5.56 Å². The van der Waals surface area contributed by atoms with Gasteiger partial charge in [0.05, 0.1) is 29.0 Å². The molecule has 188 valence electrons.